The molecular weight excluding hydrogens is 354 g/mol. The minimum Gasteiger partial charge on any atom is -0.350 e. The molecule has 4 heterocycles. The fourth-order valence-electron chi connectivity index (χ4n) is 3.96. The molecule has 1 aromatic carbocycles. The van der Waals surface area contributed by atoms with Crippen LogP contribution in [0.3, 0.4) is 0 Å². The second-order valence-electron chi connectivity index (χ2n) is 7.37. The Kier molecular flexibility index (Phi) is 4.20. The zero-order chi connectivity index (χ0) is 19.1. The molecule has 144 valence electrons. The highest BCUT2D eigenvalue weighted by Gasteiger charge is 2.32. The Hall–Kier alpha value is -3.00. The number of aromatic nitrogens is 4. The van der Waals surface area contributed by atoms with Crippen LogP contribution in [0.15, 0.2) is 30.5 Å². The molecule has 0 aliphatic carbocycles. The fourth-order valence-corrected chi connectivity index (χ4v) is 3.96. The number of anilines is 3. The standard InChI is InChI=1S/C20H23N7O/c1-2-9-26-12-15-18(25-26)23-20(22-14-7-8-21-11-14)24-19(15)27-16-6-4-3-5-13(16)10-17(27)28/h3-6,12,14,21H,2,7-11H2,1H3,(H,22,23,25)/t14-/m0/s1. The molecular formula is C20H23N7O. The van der Waals surface area contributed by atoms with Crippen LogP contribution in [0.1, 0.15) is 25.3 Å². The Morgan fingerprint density at radius 1 is 1.29 bits per heavy atom. The van der Waals surface area contributed by atoms with Crippen molar-refractivity contribution in [3.63, 3.8) is 0 Å². The molecule has 1 amide bonds. The first-order valence-electron chi connectivity index (χ1n) is 9.86. The Balaban J connectivity index is 1.64. The molecule has 2 aliphatic heterocycles. The van der Waals surface area contributed by atoms with Crippen molar-refractivity contribution in [3.05, 3.63) is 36.0 Å². The zero-order valence-corrected chi connectivity index (χ0v) is 15.9. The van der Waals surface area contributed by atoms with E-state index in [-0.39, 0.29) is 11.9 Å². The number of amides is 1. The summed E-state index contributed by atoms with van der Waals surface area (Å²) in [6.07, 6.45) is 4.33. The Bertz CT molecular complexity index is 1040. The summed E-state index contributed by atoms with van der Waals surface area (Å²) in [5.74, 6) is 1.16. The first kappa shape index (κ1) is 17.1. The van der Waals surface area contributed by atoms with Crippen LogP contribution < -0.4 is 15.5 Å². The van der Waals surface area contributed by atoms with Gasteiger partial charge in [-0.1, -0.05) is 25.1 Å². The average molecular weight is 377 g/mol. The first-order chi connectivity index (χ1) is 13.7. The number of nitrogens with zero attached hydrogens (tertiary/aromatic N) is 5. The van der Waals surface area contributed by atoms with Gasteiger partial charge in [0.05, 0.1) is 17.5 Å². The summed E-state index contributed by atoms with van der Waals surface area (Å²) in [5, 5.41) is 12.2. The summed E-state index contributed by atoms with van der Waals surface area (Å²) in [6, 6.07) is 8.16. The fraction of sp³-hybridized carbons (Fsp3) is 0.400. The number of carbonyl (C=O) groups is 1. The highest BCUT2D eigenvalue weighted by molar-refractivity contribution is 6.10. The number of aryl methyl sites for hydroxylation is 1. The number of fused-ring (bicyclic) bond motifs is 2. The van der Waals surface area contributed by atoms with E-state index in [0.717, 1.165) is 49.1 Å². The average Bonchev–Trinajstić information content (AvgIpc) is 3.39. The molecule has 1 atom stereocenters. The summed E-state index contributed by atoms with van der Waals surface area (Å²) < 4.78 is 1.89. The Labute approximate surface area is 163 Å². The maximum atomic E-state index is 12.9. The van der Waals surface area contributed by atoms with E-state index in [4.69, 9.17) is 4.98 Å². The topological polar surface area (TPSA) is 88.0 Å². The molecule has 0 spiro atoms. The van der Waals surface area contributed by atoms with Gasteiger partial charge in [-0.05, 0) is 31.0 Å². The monoisotopic (exact) mass is 377 g/mol. The molecule has 2 N–H and O–H groups in total. The van der Waals surface area contributed by atoms with Crippen molar-refractivity contribution in [1.82, 2.24) is 25.1 Å². The quantitative estimate of drug-likeness (QED) is 0.709. The molecule has 0 bridgehead atoms. The molecule has 2 aromatic heterocycles. The molecule has 1 fully saturated rings. The van der Waals surface area contributed by atoms with Crippen LogP contribution in [-0.2, 0) is 17.8 Å². The largest absolute Gasteiger partial charge is 0.350 e. The van der Waals surface area contributed by atoms with Gasteiger partial charge < -0.3 is 10.6 Å². The number of benzene rings is 1. The van der Waals surface area contributed by atoms with Gasteiger partial charge >= 0.3 is 0 Å². The van der Waals surface area contributed by atoms with Crippen LogP contribution in [0.25, 0.3) is 11.0 Å². The van der Waals surface area contributed by atoms with Gasteiger partial charge in [0.2, 0.25) is 11.9 Å². The molecule has 8 nitrogen and oxygen atoms in total. The van der Waals surface area contributed by atoms with E-state index in [2.05, 4.69) is 27.6 Å². The van der Waals surface area contributed by atoms with E-state index in [0.29, 0.717) is 23.8 Å². The number of hydrogen-bond donors (Lipinski definition) is 2. The SMILES string of the molecule is CCCn1cc2c(N3C(=O)Cc4ccccc43)nc(N[C@H]3CCNC3)nc2n1. The number of carbonyl (C=O) groups excluding carboxylic acids is 1. The lowest BCUT2D eigenvalue weighted by Crippen LogP contribution is -2.25. The van der Waals surface area contributed by atoms with Crippen molar-refractivity contribution in [2.45, 2.75) is 38.8 Å². The smallest absolute Gasteiger partial charge is 0.237 e. The third kappa shape index (κ3) is 2.90. The van der Waals surface area contributed by atoms with Crippen LogP contribution in [-0.4, -0.2) is 44.8 Å². The van der Waals surface area contributed by atoms with Crippen molar-refractivity contribution in [2.24, 2.45) is 0 Å². The Morgan fingerprint density at radius 2 is 2.18 bits per heavy atom. The molecule has 0 radical (unpaired) electrons. The highest BCUT2D eigenvalue weighted by Crippen LogP contribution is 2.37. The van der Waals surface area contributed by atoms with Crippen molar-refractivity contribution in [1.29, 1.82) is 0 Å². The lowest BCUT2D eigenvalue weighted by Gasteiger charge is -2.19. The van der Waals surface area contributed by atoms with Gasteiger partial charge in [0.15, 0.2) is 11.5 Å². The molecule has 2 aliphatic rings. The molecule has 5 rings (SSSR count). The van der Waals surface area contributed by atoms with Crippen molar-refractivity contribution < 1.29 is 4.79 Å². The zero-order valence-electron chi connectivity index (χ0n) is 15.9. The highest BCUT2D eigenvalue weighted by atomic mass is 16.2. The predicted molar refractivity (Wildman–Crippen MR) is 108 cm³/mol. The Morgan fingerprint density at radius 3 is 3.00 bits per heavy atom. The molecule has 0 saturated carbocycles. The van der Waals surface area contributed by atoms with Gasteiger partial charge in [-0.3, -0.25) is 14.4 Å². The molecule has 1 saturated heterocycles. The van der Waals surface area contributed by atoms with Crippen LogP contribution in [0.4, 0.5) is 17.5 Å². The molecule has 3 aromatic rings. The summed E-state index contributed by atoms with van der Waals surface area (Å²) in [4.78, 5) is 24.0. The van der Waals surface area contributed by atoms with Crippen LogP contribution >= 0.6 is 0 Å². The third-order valence-electron chi connectivity index (χ3n) is 5.29. The van der Waals surface area contributed by atoms with Gasteiger partial charge in [-0.2, -0.15) is 15.1 Å². The van der Waals surface area contributed by atoms with Crippen molar-refractivity contribution >= 4 is 34.4 Å². The van der Waals surface area contributed by atoms with Gasteiger partial charge in [-0.25, -0.2) is 0 Å². The van der Waals surface area contributed by atoms with Gasteiger partial charge in [0.1, 0.15) is 0 Å². The van der Waals surface area contributed by atoms with Crippen LogP contribution in [0, 0.1) is 0 Å². The van der Waals surface area contributed by atoms with Crippen molar-refractivity contribution in [3.8, 4) is 0 Å². The molecule has 8 heteroatoms. The summed E-state index contributed by atoms with van der Waals surface area (Å²) in [7, 11) is 0. The van der Waals surface area contributed by atoms with E-state index >= 15 is 0 Å². The maximum Gasteiger partial charge on any atom is 0.237 e. The van der Waals surface area contributed by atoms with E-state index in [9.17, 15) is 4.79 Å². The van der Waals surface area contributed by atoms with Crippen LogP contribution in [0.2, 0.25) is 0 Å². The van der Waals surface area contributed by atoms with Gasteiger partial charge in [0.25, 0.3) is 0 Å². The van der Waals surface area contributed by atoms with E-state index < -0.39 is 0 Å². The van der Waals surface area contributed by atoms with E-state index in [1.54, 1.807) is 4.90 Å². The lowest BCUT2D eigenvalue weighted by molar-refractivity contribution is -0.116. The normalized spacial score (nSPS) is 18.8. The number of nitrogens with one attached hydrogen (secondary N) is 2. The van der Waals surface area contributed by atoms with Crippen LogP contribution in [0.5, 0.6) is 0 Å². The second-order valence-corrected chi connectivity index (χ2v) is 7.37. The third-order valence-corrected chi connectivity index (χ3v) is 5.29. The summed E-state index contributed by atoms with van der Waals surface area (Å²) >= 11 is 0. The lowest BCUT2D eigenvalue weighted by atomic mass is 10.2. The van der Waals surface area contributed by atoms with E-state index in [1.807, 2.05) is 35.1 Å². The number of rotatable bonds is 5. The summed E-state index contributed by atoms with van der Waals surface area (Å²) in [5.41, 5.74) is 2.53. The molecule has 28 heavy (non-hydrogen) atoms. The maximum absolute atomic E-state index is 12.9. The van der Waals surface area contributed by atoms with Gasteiger partial charge in [0, 0.05) is 25.3 Å². The number of hydrogen-bond acceptors (Lipinski definition) is 6. The summed E-state index contributed by atoms with van der Waals surface area (Å²) in [6.45, 7) is 4.78. The molecule has 0 unspecified atom stereocenters. The second kappa shape index (κ2) is 6.87. The predicted octanol–water partition coefficient (Wildman–Crippen LogP) is 2.23. The number of para-hydroxylation sites is 1. The van der Waals surface area contributed by atoms with Gasteiger partial charge in [-0.15, -0.1) is 0 Å². The van der Waals surface area contributed by atoms with E-state index in [1.165, 1.54) is 0 Å². The minimum absolute atomic E-state index is 0.0259. The van der Waals surface area contributed by atoms with Crippen molar-refractivity contribution in [2.75, 3.05) is 23.3 Å². The first-order valence-corrected chi connectivity index (χ1v) is 9.86. The minimum atomic E-state index is 0.0259.